The van der Waals surface area contributed by atoms with Crippen LogP contribution in [0, 0.1) is 0 Å². The molecule has 0 aromatic rings. The molecule has 0 saturated carbocycles. The van der Waals surface area contributed by atoms with Gasteiger partial charge in [-0.25, -0.2) is 0 Å². The van der Waals surface area contributed by atoms with Gasteiger partial charge in [0.25, 0.3) is 0 Å². The second kappa shape index (κ2) is 7.02. The van der Waals surface area contributed by atoms with Crippen LogP contribution in [0.1, 0.15) is 54.4 Å². The minimum atomic E-state index is -0.747. The maximum atomic E-state index is 12.0. The monoisotopic (exact) mass is 230 g/mol. The van der Waals surface area contributed by atoms with Gasteiger partial charge in [0.15, 0.2) is 5.78 Å². The fourth-order valence-corrected chi connectivity index (χ4v) is 1.50. The van der Waals surface area contributed by atoms with Gasteiger partial charge in [-0.1, -0.05) is 13.3 Å². The first-order chi connectivity index (χ1) is 7.31. The van der Waals surface area contributed by atoms with Gasteiger partial charge in [0.2, 0.25) is 0 Å². The third kappa shape index (κ3) is 5.61. The van der Waals surface area contributed by atoms with Crippen molar-refractivity contribution in [3.63, 3.8) is 0 Å². The van der Waals surface area contributed by atoms with E-state index in [1.807, 2.05) is 27.7 Å². The van der Waals surface area contributed by atoms with E-state index < -0.39 is 11.7 Å². The van der Waals surface area contributed by atoms with Crippen LogP contribution in [0.4, 0.5) is 0 Å². The summed E-state index contributed by atoms with van der Waals surface area (Å²) in [4.78, 5) is 12.0. The van der Waals surface area contributed by atoms with E-state index in [0.717, 1.165) is 12.8 Å². The van der Waals surface area contributed by atoms with Crippen molar-refractivity contribution >= 4 is 5.78 Å². The molecule has 0 radical (unpaired) electrons. The lowest BCUT2D eigenvalue weighted by Gasteiger charge is -2.27. The highest BCUT2D eigenvalue weighted by atomic mass is 16.5. The average Bonchev–Trinajstić information content (AvgIpc) is 2.15. The van der Waals surface area contributed by atoms with Gasteiger partial charge in [0, 0.05) is 6.61 Å². The molecule has 96 valence electrons. The number of ether oxygens (including phenoxy) is 2. The van der Waals surface area contributed by atoms with E-state index in [1.54, 1.807) is 6.92 Å². The van der Waals surface area contributed by atoms with Crippen LogP contribution in [0.3, 0.4) is 0 Å². The molecule has 0 aliphatic carbocycles. The minimum absolute atomic E-state index is 0.0114. The fraction of sp³-hybridized carbons (Fsp3) is 0.923. The van der Waals surface area contributed by atoms with Crippen molar-refractivity contribution in [2.24, 2.45) is 0 Å². The van der Waals surface area contributed by atoms with Crippen molar-refractivity contribution in [3.8, 4) is 0 Å². The summed E-state index contributed by atoms with van der Waals surface area (Å²) in [5, 5.41) is 0. The zero-order valence-electron chi connectivity index (χ0n) is 11.5. The summed E-state index contributed by atoms with van der Waals surface area (Å²) < 4.78 is 11.1. The fourth-order valence-electron chi connectivity index (χ4n) is 1.50. The van der Waals surface area contributed by atoms with Crippen LogP contribution in [0.15, 0.2) is 0 Å². The maximum absolute atomic E-state index is 12.0. The molecular weight excluding hydrogens is 204 g/mol. The molecule has 0 amide bonds. The van der Waals surface area contributed by atoms with Crippen LogP contribution >= 0.6 is 0 Å². The van der Waals surface area contributed by atoms with E-state index in [4.69, 9.17) is 9.47 Å². The Hall–Kier alpha value is -0.410. The molecule has 0 rings (SSSR count). The molecule has 0 aliphatic rings. The first-order valence-corrected chi connectivity index (χ1v) is 6.15. The number of hydrogen-bond donors (Lipinski definition) is 0. The van der Waals surface area contributed by atoms with Gasteiger partial charge < -0.3 is 9.47 Å². The van der Waals surface area contributed by atoms with Crippen LogP contribution in [0.5, 0.6) is 0 Å². The summed E-state index contributed by atoms with van der Waals surface area (Å²) in [5.41, 5.74) is -0.747. The van der Waals surface area contributed by atoms with Crippen molar-refractivity contribution in [2.45, 2.75) is 72.2 Å². The van der Waals surface area contributed by atoms with Crippen LogP contribution in [0.2, 0.25) is 0 Å². The highest BCUT2D eigenvalue weighted by Crippen LogP contribution is 2.16. The number of hydrogen-bond acceptors (Lipinski definition) is 3. The molecule has 0 aliphatic heterocycles. The number of carbonyl (C=O) groups is 1. The molecule has 0 N–H and O–H groups in total. The largest absolute Gasteiger partial charge is 0.368 e. The summed E-state index contributed by atoms with van der Waals surface area (Å²) >= 11 is 0. The highest BCUT2D eigenvalue weighted by molar-refractivity contribution is 5.90. The summed E-state index contributed by atoms with van der Waals surface area (Å²) in [6.45, 7) is 12.0. The van der Waals surface area contributed by atoms with E-state index in [-0.39, 0.29) is 11.9 Å². The first-order valence-electron chi connectivity index (χ1n) is 6.15. The van der Waals surface area contributed by atoms with E-state index in [1.165, 1.54) is 0 Å². The van der Waals surface area contributed by atoms with Gasteiger partial charge in [0.1, 0.15) is 11.7 Å². The lowest BCUT2D eigenvalue weighted by atomic mass is 9.99. The lowest BCUT2D eigenvalue weighted by molar-refractivity contribution is -0.154. The van der Waals surface area contributed by atoms with Gasteiger partial charge in [-0.3, -0.25) is 4.79 Å². The Morgan fingerprint density at radius 1 is 1.25 bits per heavy atom. The molecular formula is C13H26O3. The third-order valence-electron chi connectivity index (χ3n) is 2.40. The zero-order chi connectivity index (χ0) is 12.8. The molecule has 1 unspecified atom stereocenters. The summed E-state index contributed by atoms with van der Waals surface area (Å²) in [5.74, 6) is 0.0114. The molecule has 0 spiro atoms. The third-order valence-corrected chi connectivity index (χ3v) is 2.40. The summed E-state index contributed by atoms with van der Waals surface area (Å²) in [6, 6.07) is 0. The molecule has 0 saturated heterocycles. The Kier molecular flexibility index (Phi) is 6.84. The molecule has 1 atom stereocenters. The smallest absolute Gasteiger partial charge is 0.192 e. The Bertz CT molecular complexity index is 209. The molecule has 0 heterocycles. The van der Waals surface area contributed by atoms with E-state index in [2.05, 4.69) is 6.92 Å². The topological polar surface area (TPSA) is 35.5 Å². The predicted molar refractivity (Wildman–Crippen MR) is 65.6 cm³/mol. The standard InChI is InChI=1S/C13H26O3/c1-7-8-9-15-13(5,6)12(14)11(4)16-10(2)3/h10-11H,7-9H2,1-6H3. The van der Waals surface area contributed by atoms with Crippen molar-refractivity contribution in [1.82, 2.24) is 0 Å². The van der Waals surface area contributed by atoms with Gasteiger partial charge in [-0.05, 0) is 41.0 Å². The molecule has 16 heavy (non-hydrogen) atoms. The van der Waals surface area contributed by atoms with Gasteiger partial charge in [-0.15, -0.1) is 0 Å². The molecule has 0 fully saturated rings. The van der Waals surface area contributed by atoms with E-state index in [0.29, 0.717) is 6.61 Å². The molecule has 0 aromatic carbocycles. The summed E-state index contributed by atoms with van der Waals surface area (Å²) in [7, 11) is 0. The minimum Gasteiger partial charge on any atom is -0.368 e. The predicted octanol–water partition coefficient (Wildman–Crippen LogP) is 2.96. The second-order valence-corrected chi connectivity index (χ2v) is 4.90. The van der Waals surface area contributed by atoms with Gasteiger partial charge in [0.05, 0.1) is 6.10 Å². The van der Waals surface area contributed by atoms with Crippen molar-refractivity contribution in [1.29, 1.82) is 0 Å². The van der Waals surface area contributed by atoms with Gasteiger partial charge in [-0.2, -0.15) is 0 Å². The Morgan fingerprint density at radius 3 is 2.25 bits per heavy atom. The number of rotatable bonds is 8. The molecule has 0 aromatic heterocycles. The van der Waals surface area contributed by atoms with Crippen LogP contribution in [-0.2, 0) is 14.3 Å². The van der Waals surface area contributed by atoms with Crippen molar-refractivity contribution in [2.75, 3.05) is 6.61 Å². The van der Waals surface area contributed by atoms with Crippen LogP contribution in [-0.4, -0.2) is 30.2 Å². The number of carbonyl (C=O) groups excluding carboxylic acids is 1. The molecule has 0 bridgehead atoms. The van der Waals surface area contributed by atoms with Crippen molar-refractivity contribution < 1.29 is 14.3 Å². The number of ketones is 1. The Balaban J connectivity index is 4.21. The van der Waals surface area contributed by atoms with E-state index in [9.17, 15) is 4.79 Å². The van der Waals surface area contributed by atoms with Crippen LogP contribution in [0.25, 0.3) is 0 Å². The van der Waals surface area contributed by atoms with E-state index >= 15 is 0 Å². The Labute approximate surface area is 99.5 Å². The number of Topliss-reactive ketones (excluding diaryl/α,β-unsaturated/α-hetero) is 1. The normalized spacial score (nSPS) is 14.2. The summed E-state index contributed by atoms with van der Waals surface area (Å²) in [6.07, 6.45) is 1.71. The van der Waals surface area contributed by atoms with Crippen LogP contribution < -0.4 is 0 Å². The maximum Gasteiger partial charge on any atom is 0.192 e. The van der Waals surface area contributed by atoms with Gasteiger partial charge >= 0.3 is 0 Å². The van der Waals surface area contributed by atoms with Crippen molar-refractivity contribution in [3.05, 3.63) is 0 Å². The lowest BCUT2D eigenvalue weighted by Crippen LogP contribution is -2.43. The number of unbranched alkanes of at least 4 members (excludes halogenated alkanes) is 1. The first kappa shape index (κ1) is 15.6. The highest BCUT2D eigenvalue weighted by Gasteiger charge is 2.33. The zero-order valence-corrected chi connectivity index (χ0v) is 11.5. The average molecular weight is 230 g/mol. The molecule has 3 heteroatoms. The Morgan fingerprint density at radius 2 is 1.81 bits per heavy atom. The molecule has 3 nitrogen and oxygen atoms in total. The second-order valence-electron chi connectivity index (χ2n) is 4.90. The quantitative estimate of drug-likeness (QED) is 0.601. The SMILES string of the molecule is CCCCOC(C)(C)C(=O)C(C)OC(C)C.